The Morgan fingerprint density at radius 2 is 0.933 bits per heavy atom. The Kier molecular flexibility index (Phi) is 18.2. The van der Waals surface area contributed by atoms with Crippen LogP contribution in [0.3, 0.4) is 0 Å². The number of aryl methyl sites for hydroxylation is 3. The van der Waals surface area contributed by atoms with Crippen LogP contribution in [0, 0.1) is 0 Å². The topological polar surface area (TPSA) is 3.88 Å². The van der Waals surface area contributed by atoms with Crippen molar-refractivity contribution in [3.8, 4) is 0 Å². The van der Waals surface area contributed by atoms with Crippen LogP contribution in [-0.4, -0.2) is 0 Å². The Labute approximate surface area is 190 Å². The fraction of sp³-hybridized carbons (Fsp3) is 0.828. The summed E-state index contributed by atoms with van der Waals surface area (Å²) in [5.74, 6) is 0. The van der Waals surface area contributed by atoms with E-state index in [-0.39, 0.29) is 0 Å². The van der Waals surface area contributed by atoms with E-state index in [1.165, 1.54) is 135 Å². The summed E-state index contributed by atoms with van der Waals surface area (Å²) < 4.78 is 2.49. The van der Waals surface area contributed by atoms with Gasteiger partial charge in [-0.25, -0.2) is 4.57 Å². The molecule has 0 radical (unpaired) electrons. The Morgan fingerprint density at radius 1 is 0.500 bits per heavy atom. The molecule has 0 spiro atoms. The summed E-state index contributed by atoms with van der Waals surface area (Å²) >= 11 is 0. The molecular weight excluding hydrogens is 362 g/mol. The highest BCUT2D eigenvalue weighted by atomic mass is 14.9. The number of rotatable bonds is 21. The van der Waals surface area contributed by atoms with E-state index in [1.807, 2.05) is 0 Å². The Bertz CT molecular complexity index is 493. The first-order chi connectivity index (χ1) is 14.8. The minimum atomic E-state index is 1.20. The Morgan fingerprint density at radius 3 is 1.47 bits per heavy atom. The van der Waals surface area contributed by atoms with Crippen molar-refractivity contribution < 1.29 is 4.57 Å². The minimum absolute atomic E-state index is 1.20. The van der Waals surface area contributed by atoms with Crippen molar-refractivity contribution in [3.05, 3.63) is 29.6 Å². The molecule has 1 heterocycles. The molecule has 1 heteroatoms. The zero-order valence-corrected chi connectivity index (χ0v) is 21.0. The third-order valence-corrected chi connectivity index (χ3v) is 6.57. The summed E-state index contributed by atoms with van der Waals surface area (Å²) in [6, 6.07) is 2.45. The van der Waals surface area contributed by atoms with E-state index in [1.54, 1.807) is 11.1 Å². The Hall–Kier alpha value is -0.850. The van der Waals surface area contributed by atoms with Gasteiger partial charge in [-0.3, -0.25) is 0 Å². The van der Waals surface area contributed by atoms with Crippen LogP contribution in [0.15, 0.2) is 18.5 Å². The molecular formula is C29H54N+. The van der Waals surface area contributed by atoms with Crippen molar-refractivity contribution >= 4 is 0 Å². The second kappa shape index (κ2) is 20.1. The minimum Gasteiger partial charge on any atom is -0.205 e. The predicted molar refractivity (Wildman–Crippen MR) is 134 cm³/mol. The van der Waals surface area contributed by atoms with Crippen LogP contribution in [0.25, 0.3) is 0 Å². The van der Waals surface area contributed by atoms with Gasteiger partial charge in [0, 0.05) is 18.1 Å². The summed E-state index contributed by atoms with van der Waals surface area (Å²) in [5, 5.41) is 0. The van der Waals surface area contributed by atoms with Crippen LogP contribution in [0.5, 0.6) is 0 Å². The molecule has 1 rings (SSSR count). The first kappa shape index (κ1) is 27.2. The Balaban J connectivity index is 2.43. The van der Waals surface area contributed by atoms with Gasteiger partial charge >= 0.3 is 0 Å². The summed E-state index contributed by atoms with van der Waals surface area (Å²) in [4.78, 5) is 0. The van der Waals surface area contributed by atoms with Crippen LogP contribution < -0.4 is 4.57 Å². The van der Waals surface area contributed by atoms with Gasteiger partial charge in [-0.2, -0.15) is 0 Å². The van der Waals surface area contributed by atoms with Crippen LogP contribution in [0.1, 0.15) is 147 Å². The molecule has 0 saturated carbocycles. The fourth-order valence-electron chi connectivity index (χ4n) is 4.49. The molecule has 30 heavy (non-hydrogen) atoms. The van der Waals surface area contributed by atoms with E-state index in [0.717, 1.165) is 0 Å². The molecule has 0 atom stereocenters. The third-order valence-electron chi connectivity index (χ3n) is 6.57. The summed E-state index contributed by atoms with van der Waals surface area (Å²) in [7, 11) is 0. The van der Waals surface area contributed by atoms with Gasteiger partial charge in [0.2, 0.25) is 0 Å². The van der Waals surface area contributed by atoms with E-state index >= 15 is 0 Å². The van der Waals surface area contributed by atoms with Crippen LogP contribution in [-0.2, 0) is 19.4 Å². The smallest absolute Gasteiger partial charge is 0.172 e. The number of hydrogen-bond donors (Lipinski definition) is 0. The average Bonchev–Trinajstić information content (AvgIpc) is 2.76. The molecule has 174 valence electrons. The lowest BCUT2D eigenvalue weighted by Crippen LogP contribution is -2.34. The van der Waals surface area contributed by atoms with Crippen LogP contribution >= 0.6 is 0 Å². The molecule has 0 aliphatic rings. The van der Waals surface area contributed by atoms with Gasteiger partial charge in [0.05, 0.1) is 0 Å². The number of unbranched alkanes of at least 4 members (excludes halogenated alkanes) is 15. The first-order valence-corrected chi connectivity index (χ1v) is 13.8. The fourth-order valence-corrected chi connectivity index (χ4v) is 4.49. The second-order valence-corrected chi connectivity index (χ2v) is 9.54. The normalized spacial score (nSPS) is 11.3. The number of hydrogen-bond acceptors (Lipinski definition) is 0. The SMILES string of the molecule is CCCCCCCCCC[n+]1ccc(CCCCCCC)c(CCCCCCC)c1. The van der Waals surface area contributed by atoms with Crippen molar-refractivity contribution in [2.45, 2.75) is 156 Å². The zero-order valence-electron chi connectivity index (χ0n) is 21.0. The molecule has 0 bridgehead atoms. The van der Waals surface area contributed by atoms with Gasteiger partial charge in [-0.15, -0.1) is 0 Å². The second-order valence-electron chi connectivity index (χ2n) is 9.54. The van der Waals surface area contributed by atoms with E-state index in [4.69, 9.17) is 0 Å². The molecule has 1 nitrogen and oxygen atoms in total. The molecule has 0 saturated heterocycles. The lowest BCUT2D eigenvalue weighted by molar-refractivity contribution is -0.697. The molecule has 0 unspecified atom stereocenters. The summed E-state index contributed by atoms with van der Waals surface area (Å²) in [6.07, 6.45) is 32.5. The summed E-state index contributed by atoms with van der Waals surface area (Å²) in [6.45, 7) is 8.12. The van der Waals surface area contributed by atoms with Gasteiger partial charge in [0.25, 0.3) is 0 Å². The highest BCUT2D eigenvalue weighted by Crippen LogP contribution is 2.16. The molecule has 0 aliphatic heterocycles. The number of nitrogens with zero attached hydrogens (tertiary/aromatic N) is 1. The highest BCUT2D eigenvalue weighted by molar-refractivity contribution is 5.21. The van der Waals surface area contributed by atoms with E-state index in [9.17, 15) is 0 Å². The molecule has 0 N–H and O–H groups in total. The van der Waals surface area contributed by atoms with Crippen molar-refractivity contribution in [1.82, 2.24) is 0 Å². The van der Waals surface area contributed by atoms with Gasteiger partial charge in [0.15, 0.2) is 12.4 Å². The number of pyridine rings is 1. The average molecular weight is 417 g/mol. The predicted octanol–water partition coefficient (Wildman–Crippen LogP) is 9.14. The summed E-state index contributed by atoms with van der Waals surface area (Å²) in [5.41, 5.74) is 3.28. The van der Waals surface area contributed by atoms with Crippen molar-refractivity contribution in [1.29, 1.82) is 0 Å². The van der Waals surface area contributed by atoms with Crippen molar-refractivity contribution in [2.24, 2.45) is 0 Å². The quantitative estimate of drug-likeness (QED) is 0.139. The van der Waals surface area contributed by atoms with Gasteiger partial charge in [-0.05, 0) is 37.7 Å². The molecule has 0 aromatic carbocycles. The molecule has 1 aromatic rings. The van der Waals surface area contributed by atoms with Gasteiger partial charge in [0.1, 0.15) is 6.54 Å². The number of aromatic nitrogens is 1. The van der Waals surface area contributed by atoms with Gasteiger partial charge < -0.3 is 0 Å². The molecule has 0 aliphatic carbocycles. The first-order valence-electron chi connectivity index (χ1n) is 13.8. The van der Waals surface area contributed by atoms with E-state index in [2.05, 4.69) is 43.8 Å². The van der Waals surface area contributed by atoms with E-state index < -0.39 is 0 Å². The van der Waals surface area contributed by atoms with Crippen molar-refractivity contribution in [2.75, 3.05) is 0 Å². The molecule has 1 aromatic heterocycles. The zero-order chi connectivity index (χ0) is 21.7. The van der Waals surface area contributed by atoms with Crippen LogP contribution in [0.4, 0.5) is 0 Å². The lowest BCUT2D eigenvalue weighted by atomic mass is 9.98. The monoisotopic (exact) mass is 416 g/mol. The third kappa shape index (κ3) is 14.2. The van der Waals surface area contributed by atoms with E-state index in [0.29, 0.717) is 0 Å². The lowest BCUT2D eigenvalue weighted by Gasteiger charge is -2.09. The van der Waals surface area contributed by atoms with Crippen molar-refractivity contribution in [3.63, 3.8) is 0 Å². The highest BCUT2D eigenvalue weighted by Gasteiger charge is 2.10. The van der Waals surface area contributed by atoms with Crippen LogP contribution in [0.2, 0.25) is 0 Å². The maximum absolute atomic E-state index is 2.50. The molecule has 0 fully saturated rings. The maximum atomic E-state index is 2.50. The standard InChI is InChI=1S/C29H54N/c1-4-7-10-13-14-15-18-21-25-30-26-24-28(22-19-16-11-8-5-2)29(27-30)23-20-17-12-9-6-3/h24,26-27H,4-23,25H2,1-3H3/q+1. The maximum Gasteiger partial charge on any atom is 0.172 e. The van der Waals surface area contributed by atoms with Gasteiger partial charge in [-0.1, -0.05) is 111 Å². The molecule has 0 amide bonds. The largest absolute Gasteiger partial charge is 0.205 e.